The lowest BCUT2D eigenvalue weighted by Crippen LogP contribution is -2.49. The fourth-order valence-electron chi connectivity index (χ4n) is 3.61. The maximum absolute atomic E-state index is 11.1. The standard InChI is InChI=1S/C23H30ClN5O2/c1-26-23(28-19-10-12-29(13-11-19)15-22(25)30)27-14-17-6-2-3-7-18(17)16-31-21-9-5-4-8-20(21)24/h2-9,19H,10-16H2,1H3,(H2,25,30)(H2,26,27,28). The Morgan fingerprint density at radius 3 is 2.52 bits per heavy atom. The van der Waals surface area contributed by atoms with Crippen LogP contribution >= 0.6 is 11.6 Å². The predicted molar refractivity (Wildman–Crippen MR) is 124 cm³/mol. The zero-order valence-electron chi connectivity index (χ0n) is 17.8. The van der Waals surface area contributed by atoms with Gasteiger partial charge < -0.3 is 21.1 Å². The largest absolute Gasteiger partial charge is 0.487 e. The van der Waals surface area contributed by atoms with Gasteiger partial charge in [-0.2, -0.15) is 0 Å². The van der Waals surface area contributed by atoms with Gasteiger partial charge in [-0.25, -0.2) is 0 Å². The molecule has 0 unspecified atom stereocenters. The summed E-state index contributed by atoms with van der Waals surface area (Å²) in [6, 6.07) is 15.9. The first-order valence-electron chi connectivity index (χ1n) is 10.5. The molecule has 0 atom stereocenters. The van der Waals surface area contributed by atoms with Crippen LogP contribution in [0.4, 0.5) is 0 Å². The number of likely N-dealkylation sites (tertiary alicyclic amines) is 1. The first-order valence-corrected chi connectivity index (χ1v) is 10.8. The van der Waals surface area contributed by atoms with Crippen LogP contribution in [0.25, 0.3) is 0 Å². The van der Waals surface area contributed by atoms with Crippen molar-refractivity contribution in [2.75, 3.05) is 26.7 Å². The summed E-state index contributed by atoms with van der Waals surface area (Å²) in [5.74, 6) is 1.16. The van der Waals surface area contributed by atoms with Crippen LogP contribution in [0, 0.1) is 0 Å². The van der Waals surface area contributed by atoms with Crippen LogP contribution in [-0.4, -0.2) is 49.5 Å². The van der Waals surface area contributed by atoms with Gasteiger partial charge in [-0.05, 0) is 36.1 Å². The summed E-state index contributed by atoms with van der Waals surface area (Å²) in [5, 5.41) is 7.48. The van der Waals surface area contributed by atoms with Crippen molar-refractivity contribution in [2.24, 2.45) is 10.7 Å². The molecule has 1 aliphatic rings. The van der Waals surface area contributed by atoms with E-state index in [-0.39, 0.29) is 5.91 Å². The van der Waals surface area contributed by atoms with Gasteiger partial charge in [-0.1, -0.05) is 48.0 Å². The minimum absolute atomic E-state index is 0.277. The Morgan fingerprint density at radius 1 is 1.16 bits per heavy atom. The Bertz CT molecular complexity index is 897. The summed E-state index contributed by atoms with van der Waals surface area (Å²) in [5.41, 5.74) is 7.51. The Kier molecular flexibility index (Phi) is 8.55. The zero-order chi connectivity index (χ0) is 22.1. The van der Waals surface area contributed by atoms with Gasteiger partial charge in [-0.3, -0.25) is 14.7 Å². The van der Waals surface area contributed by atoms with E-state index < -0.39 is 0 Å². The molecule has 0 spiro atoms. The van der Waals surface area contributed by atoms with E-state index in [2.05, 4.69) is 32.7 Å². The number of primary amides is 1. The van der Waals surface area contributed by atoms with Crippen molar-refractivity contribution in [3.8, 4) is 5.75 Å². The average Bonchev–Trinajstić information content (AvgIpc) is 2.77. The number of hydrogen-bond acceptors (Lipinski definition) is 4. The highest BCUT2D eigenvalue weighted by atomic mass is 35.5. The number of halogens is 1. The molecule has 31 heavy (non-hydrogen) atoms. The molecule has 0 radical (unpaired) electrons. The van der Waals surface area contributed by atoms with Crippen LogP contribution in [0.2, 0.25) is 5.02 Å². The maximum atomic E-state index is 11.1. The Labute approximate surface area is 188 Å². The number of aliphatic imine (C=N–C) groups is 1. The lowest BCUT2D eigenvalue weighted by molar-refractivity contribution is -0.119. The van der Waals surface area contributed by atoms with Gasteiger partial charge in [0.25, 0.3) is 0 Å². The normalized spacial score (nSPS) is 15.5. The summed E-state index contributed by atoms with van der Waals surface area (Å²) in [6.07, 6.45) is 1.88. The van der Waals surface area contributed by atoms with Crippen LogP contribution in [0.1, 0.15) is 24.0 Å². The van der Waals surface area contributed by atoms with Crippen molar-refractivity contribution in [1.82, 2.24) is 15.5 Å². The number of rotatable bonds is 8. The minimum Gasteiger partial charge on any atom is -0.487 e. The van der Waals surface area contributed by atoms with Gasteiger partial charge in [0.15, 0.2) is 5.96 Å². The number of nitrogens with two attached hydrogens (primary N) is 1. The van der Waals surface area contributed by atoms with Crippen LogP contribution < -0.4 is 21.1 Å². The van der Waals surface area contributed by atoms with Crippen molar-refractivity contribution >= 4 is 23.5 Å². The van der Waals surface area contributed by atoms with Gasteiger partial charge in [0.2, 0.25) is 5.91 Å². The molecule has 0 saturated carbocycles. The molecule has 0 aromatic heterocycles. The number of amides is 1. The van der Waals surface area contributed by atoms with E-state index in [1.165, 1.54) is 0 Å². The Balaban J connectivity index is 1.51. The highest BCUT2D eigenvalue weighted by Crippen LogP contribution is 2.24. The fraction of sp³-hybridized carbons (Fsp3) is 0.391. The van der Waals surface area contributed by atoms with Crippen molar-refractivity contribution < 1.29 is 9.53 Å². The molecule has 0 aliphatic carbocycles. The van der Waals surface area contributed by atoms with E-state index in [9.17, 15) is 4.79 Å². The highest BCUT2D eigenvalue weighted by Gasteiger charge is 2.20. The van der Waals surface area contributed by atoms with Crippen LogP contribution in [0.5, 0.6) is 5.75 Å². The molecule has 1 fully saturated rings. The SMILES string of the molecule is CN=C(NCc1ccccc1COc1ccccc1Cl)NC1CCN(CC(N)=O)CC1. The molecule has 166 valence electrons. The molecule has 2 aromatic carbocycles. The number of nitrogens with one attached hydrogen (secondary N) is 2. The molecule has 1 saturated heterocycles. The third kappa shape index (κ3) is 7.15. The number of hydrogen-bond donors (Lipinski definition) is 3. The molecule has 1 amide bonds. The van der Waals surface area contributed by atoms with E-state index >= 15 is 0 Å². The number of benzene rings is 2. The minimum atomic E-state index is -0.277. The van der Waals surface area contributed by atoms with Crippen molar-refractivity contribution in [1.29, 1.82) is 0 Å². The topological polar surface area (TPSA) is 92.0 Å². The number of carbonyl (C=O) groups is 1. The van der Waals surface area contributed by atoms with Gasteiger partial charge in [-0.15, -0.1) is 0 Å². The van der Waals surface area contributed by atoms with Crippen LogP contribution in [-0.2, 0) is 17.9 Å². The second kappa shape index (κ2) is 11.6. The first kappa shape index (κ1) is 22.9. The second-order valence-electron chi connectivity index (χ2n) is 7.57. The van der Waals surface area contributed by atoms with E-state index in [1.807, 2.05) is 36.4 Å². The number of ether oxygens (including phenoxy) is 1. The van der Waals surface area contributed by atoms with E-state index in [4.69, 9.17) is 22.1 Å². The molecular weight excluding hydrogens is 414 g/mol. The quantitative estimate of drug-likeness (QED) is 0.430. The fourth-order valence-corrected chi connectivity index (χ4v) is 3.80. The molecular formula is C23H30ClN5O2. The van der Waals surface area contributed by atoms with Gasteiger partial charge in [0.1, 0.15) is 12.4 Å². The predicted octanol–water partition coefficient (Wildman–Crippen LogP) is 2.53. The summed E-state index contributed by atoms with van der Waals surface area (Å²) in [4.78, 5) is 17.5. The van der Waals surface area contributed by atoms with Gasteiger partial charge in [0.05, 0.1) is 11.6 Å². The zero-order valence-corrected chi connectivity index (χ0v) is 18.6. The van der Waals surface area contributed by atoms with Gasteiger partial charge >= 0.3 is 0 Å². The lowest BCUT2D eigenvalue weighted by Gasteiger charge is -2.32. The summed E-state index contributed by atoms with van der Waals surface area (Å²) in [6.45, 7) is 3.08. The van der Waals surface area contributed by atoms with Gasteiger partial charge in [0, 0.05) is 32.7 Å². The lowest BCUT2D eigenvalue weighted by atomic mass is 10.1. The van der Waals surface area contributed by atoms with E-state index in [1.54, 1.807) is 7.05 Å². The van der Waals surface area contributed by atoms with Crippen molar-refractivity contribution in [3.05, 3.63) is 64.7 Å². The number of guanidine groups is 1. The average molecular weight is 444 g/mol. The first-order chi connectivity index (χ1) is 15.0. The number of carbonyl (C=O) groups excluding carboxylic acids is 1. The molecule has 1 heterocycles. The Hall–Kier alpha value is -2.77. The van der Waals surface area contributed by atoms with Crippen LogP contribution in [0.15, 0.2) is 53.5 Å². The molecule has 2 aromatic rings. The van der Waals surface area contributed by atoms with Crippen LogP contribution in [0.3, 0.4) is 0 Å². The molecule has 8 heteroatoms. The summed E-state index contributed by atoms with van der Waals surface area (Å²) in [7, 11) is 1.77. The molecule has 1 aliphatic heterocycles. The molecule has 4 N–H and O–H groups in total. The molecule has 0 bridgehead atoms. The van der Waals surface area contributed by atoms with E-state index in [0.717, 1.165) is 43.0 Å². The number of nitrogens with zero attached hydrogens (tertiary/aromatic N) is 2. The number of piperidine rings is 1. The molecule has 7 nitrogen and oxygen atoms in total. The smallest absolute Gasteiger partial charge is 0.231 e. The maximum Gasteiger partial charge on any atom is 0.231 e. The second-order valence-corrected chi connectivity index (χ2v) is 7.98. The molecule has 3 rings (SSSR count). The summed E-state index contributed by atoms with van der Waals surface area (Å²) < 4.78 is 5.91. The monoisotopic (exact) mass is 443 g/mol. The Morgan fingerprint density at radius 2 is 1.84 bits per heavy atom. The highest BCUT2D eigenvalue weighted by molar-refractivity contribution is 6.32. The van der Waals surface area contributed by atoms with Crippen molar-refractivity contribution in [2.45, 2.75) is 32.0 Å². The number of para-hydroxylation sites is 1. The third-order valence-electron chi connectivity index (χ3n) is 5.32. The van der Waals surface area contributed by atoms with E-state index in [0.29, 0.717) is 36.5 Å². The third-order valence-corrected chi connectivity index (χ3v) is 5.63. The van der Waals surface area contributed by atoms with Crippen molar-refractivity contribution in [3.63, 3.8) is 0 Å². The summed E-state index contributed by atoms with van der Waals surface area (Å²) >= 11 is 6.19.